The molecule has 158 valence electrons. The Balaban J connectivity index is 1.27. The van der Waals surface area contributed by atoms with Gasteiger partial charge in [-0.25, -0.2) is 9.50 Å². The first-order valence-corrected chi connectivity index (χ1v) is 11.0. The van der Waals surface area contributed by atoms with Crippen LogP contribution >= 0.6 is 0 Å². The van der Waals surface area contributed by atoms with Crippen LogP contribution < -0.4 is 5.32 Å². The lowest BCUT2D eigenvalue weighted by Crippen LogP contribution is -2.34. The number of pyridine rings is 2. The minimum absolute atomic E-state index is 0.360. The van der Waals surface area contributed by atoms with E-state index in [1.165, 1.54) is 5.56 Å². The fraction of sp³-hybridized carbons (Fsp3) is 0.320. The molecule has 0 saturated carbocycles. The Labute approximate surface area is 183 Å². The van der Waals surface area contributed by atoms with Gasteiger partial charge in [0, 0.05) is 31.2 Å². The van der Waals surface area contributed by atoms with Gasteiger partial charge in [0.1, 0.15) is 0 Å². The number of nitrogens with one attached hydrogen (secondary N) is 1. The average molecular weight is 413 g/mol. The zero-order valence-corrected chi connectivity index (χ0v) is 17.9. The highest BCUT2D eigenvalue weighted by Crippen LogP contribution is 2.26. The van der Waals surface area contributed by atoms with Crippen molar-refractivity contribution in [2.24, 2.45) is 0 Å². The molecule has 1 fully saturated rings. The van der Waals surface area contributed by atoms with Crippen molar-refractivity contribution in [2.45, 2.75) is 38.8 Å². The van der Waals surface area contributed by atoms with Gasteiger partial charge < -0.3 is 5.32 Å². The standard InChI is InChI=1S/C25H28N6/c1-19-7-5-11-23(27-19)17-30-14-6-10-21(16-30)25-28-24-13-12-22(18-31(24)29-25)26-15-20-8-3-2-4-9-20/h2-5,7-9,11-13,18,21,26H,6,10,14-17H2,1H3/t21-/m0/s1. The van der Waals surface area contributed by atoms with Crippen molar-refractivity contribution in [1.82, 2.24) is 24.5 Å². The molecule has 1 aliphatic rings. The number of likely N-dealkylation sites (tertiary alicyclic amines) is 1. The molecule has 1 atom stereocenters. The van der Waals surface area contributed by atoms with E-state index in [0.717, 1.165) is 67.6 Å². The maximum Gasteiger partial charge on any atom is 0.156 e. The first-order valence-electron chi connectivity index (χ1n) is 11.0. The summed E-state index contributed by atoms with van der Waals surface area (Å²) in [6.45, 7) is 5.81. The molecule has 0 unspecified atom stereocenters. The summed E-state index contributed by atoms with van der Waals surface area (Å²) in [5, 5.41) is 8.31. The first-order chi connectivity index (χ1) is 15.2. The summed E-state index contributed by atoms with van der Waals surface area (Å²) in [7, 11) is 0. The molecule has 6 heteroatoms. The van der Waals surface area contributed by atoms with Crippen LogP contribution in [0.5, 0.6) is 0 Å². The van der Waals surface area contributed by atoms with Gasteiger partial charge in [0.2, 0.25) is 0 Å². The van der Waals surface area contributed by atoms with E-state index in [1.807, 2.05) is 35.8 Å². The van der Waals surface area contributed by atoms with Crippen LogP contribution in [0.15, 0.2) is 66.9 Å². The van der Waals surface area contributed by atoms with Gasteiger partial charge in [-0.3, -0.25) is 9.88 Å². The molecule has 0 amide bonds. The van der Waals surface area contributed by atoms with Crippen molar-refractivity contribution in [3.05, 3.63) is 89.6 Å². The van der Waals surface area contributed by atoms with Crippen LogP contribution in [-0.2, 0) is 13.1 Å². The van der Waals surface area contributed by atoms with E-state index in [4.69, 9.17) is 10.1 Å². The summed E-state index contributed by atoms with van der Waals surface area (Å²) in [6, 6.07) is 20.8. The Bertz CT molecular complexity index is 1150. The molecule has 4 heterocycles. The zero-order chi connectivity index (χ0) is 21.0. The highest BCUT2D eigenvalue weighted by atomic mass is 15.3. The minimum Gasteiger partial charge on any atom is -0.380 e. The Morgan fingerprint density at radius 1 is 1.00 bits per heavy atom. The molecule has 0 aliphatic carbocycles. The maximum atomic E-state index is 4.83. The van der Waals surface area contributed by atoms with Crippen LogP contribution in [0.25, 0.3) is 5.65 Å². The summed E-state index contributed by atoms with van der Waals surface area (Å²) in [5.74, 6) is 1.31. The number of benzene rings is 1. The van der Waals surface area contributed by atoms with Gasteiger partial charge in [0.15, 0.2) is 11.5 Å². The number of aryl methyl sites for hydroxylation is 1. The molecular weight excluding hydrogens is 384 g/mol. The lowest BCUT2D eigenvalue weighted by molar-refractivity contribution is 0.194. The van der Waals surface area contributed by atoms with Crippen LogP contribution in [0.3, 0.4) is 0 Å². The summed E-state index contributed by atoms with van der Waals surface area (Å²) in [5.41, 5.74) is 5.41. The van der Waals surface area contributed by atoms with E-state index in [-0.39, 0.29) is 0 Å². The second-order valence-electron chi connectivity index (χ2n) is 8.37. The molecule has 1 saturated heterocycles. The topological polar surface area (TPSA) is 58.4 Å². The zero-order valence-electron chi connectivity index (χ0n) is 17.9. The van der Waals surface area contributed by atoms with Gasteiger partial charge in [-0.2, -0.15) is 5.10 Å². The van der Waals surface area contributed by atoms with Crippen molar-refractivity contribution in [3.63, 3.8) is 0 Å². The minimum atomic E-state index is 0.360. The van der Waals surface area contributed by atoms with Crippen molar-refractivity contribution >= 4 is 11.3 Å². The summed E-state index contributed by atoms with van der Waals surface area (Å²) >= 11 is 0. The van der Waals surface area contributed by atoms with E-state index in [1.54, 1.807) is 0 Å². The third kappa shape index (κ3) is 4.75. The van der Waals surface area contributed by atoms with Gasteiger partial charge in [0.25, 0.3) is 0 Å². The Morgan fingerprint density at radius 2 is 1.90 bits per heavy atom. The van der Waals surface area contributed by atoms with Gasteiger partial charge in [-0.1, -0.05) is 36.4 Å². The molecule has 6 nitrogen and oxygen atoms in total. The Hall–Kier alpha value is -3.25. The predicted molar refractivity (Wildman–Crippen MR) is 123 cm³/mol. The lowest BCUT2D eigenvalue weighted by Gasteiger charge is -2.31. The molecule has 0 bridgehead atoms. The third-order valence-corrected chi connectivity index (χ3v) is 5.89. The average Bonchev–Trinajstić information content (AvgIpc) is 3.22. The normalized spacial score (nSPS) is 17.1. The van der Waals surface area contributed by atoms with E-state index in [0.29, 0.717) is 5.92 Å². The van der Waals surface area contributed by atoms with E-state index < -0.39 is 0 Å². The second kappa shape index (κ2) is 8.86. The van der Waals surface area contributed by atoms with Gasteiger partial charge >= 0.3 is 0 Å². The number of rotatable bonds is 6. The summed E-state index contributed by atoms with van der Waals surface area (Å²) < 4.78 is 1.91. The van der Waals surface area contributed by atoms with Gasteiger partial charge in [-0.05, 0) is 56.1 Å². The Morgan fingerprint density at radius 3 is 2.77 bits per heavy atom. The smallest absolute Gasteiger partial charge is 0.156 e. The Kier molecular flexibility index (Phi) is 5.63. The summed E-state index contributed by atoms with van der Waals surface area (Å²) in [6.07, 6.45) is 4.33. The first kappa shape index (κ1) is 19.7. The van der Waals surface area contributed by atoms with Gasteiger partial charge in [-0.15, -0.1) is 0 Å². The predicted octanol–water partition coefficient (Wildman–Crippen LogP) is 4.42. The molecule has 1 aromatic carbocycles. The SMILES string of the molecule is Cc1cccc(CN2CCC[C@H](c3nc4ccc(NCc5ccccc5)cn4n3)C2)n1. The number of aromatic nitrogens is 4. The largest absolute Gasteiger partial charge is 0.380 e. The molecule has 0 radical (unpaired) electrons. The molecule has 1 aliphatic heterocycles. The number of hydrogen-bond acceptors (Lipinski definition) is 5. The monoisotopic (exact) mass is 412 g/mol. The number of fused-ring (bicyclic) bond motifs is 1. The molecule has 3 aromatic heterocycles. The quantitative estimate of drug-likeness (QED) is 0.508. The van der Waals surface area contributed by atoms with Crippen molar-refractivity contribution < 1.29 is 0 Å². The van der Waals surface area contributed by atoms with Crippen molar-refractivity contribution in [3.8, 4) is 0 Å². The number of hydrogen-bond donors (Lipinski definition) is 1. The number of nitrogens with zero attached hydrogens (tertiary/aromatic N) is 5. The molecule has 31 heavy (non-hydrogen) atoms. The molecule has 4 aromatic rings. The number of piperidine rings is 1. The van der Waals surface area contributed by atoms with Crippen LogP contribution in [0.2, 0.25) is 0 Å². The van der Waals surface area contributed by atoms with Crippen LogP contribution in [-0.4, -0.2) is 37.6 Å². The number of anilines is 1. The van der Waals surface area contributed by atoms with Crippen LogP contribution in [0.4, 0.5) is 5.69 Å². The van der Waals surface area contributed by atoms with E-state index in [2.05, 4.69) is 57.7 Å². The van der Waals surface area contributed by atoms with Gasteiger partial charge in [0.05, 0.1) is 17.6 Å². The molecule has 1 N–H and O–H groups in total. The summed E-state index contributed by atoms with van der Waals surface area (Å²) in [4.78, 5) is 12.0. The third-order valence-electron chi connectivity index (χ3n) is 5.89. The fourth-order valence-corrected chi connectivity index (χ4v) is 4.30. The van der Waals surface area contributed by atoms with Crippen LogP contribution in [0, 0.1) is 6.92 Å². The second-order valence-corrected chi connectivity index (χ2v) is 8.37. The molecule has 0 spiro atoms. The highest BCUT2D eigenvalue weighted by Gasteiger charge is 2.25. The molecular formula is C25H28N6. The fourth-order valence-electron chi connectivity index (χ4n) is 4.30. The highest BCUT2D eigenvalue weighted by molar-refractivity contribution is 5.49. The van der Waals surface area contributed by atoms with E-state index >= 15 is 0 Å². The maximum absolute atomic E-state index is 4.83. The van der Waals surface area contributed by atoms with E-state index in [9.17, 15) is 0 Å². The van der Waals surface area contributed by atoms with Crippen LogP contribution in [0.1, 0.15) is 41.5 Å². The van der Waals surface area contributed by atoms with Crippen molar-refractivity contribution in [1.29, 1.82) is 0 Å². The molecule has 5 rings (SSSR count). The van der Waals surface area contributed by atoms with Crippen molar-refractivity contribution in [2.75, 3.05) is 18.4 Å². The lowest BCUT2D eigenvalue weighted by atomic mass is 9.97.